The highest BCUT2D eigenvalue weighted by molar-refractivity contribution is 5.87. The van der Waals surface area contributed by atoms with Crippen molar-refractivity contribution in [1.29, 1.82) is 0 Å². The van der Waals surface area contributed by atoms with Crippen LogP contribution in [0.25, 0.3) is 0 Å². The quantitative estimate of drug-likeness (QED) is 0.306. The Kier molecular flexibility index (Phi) is 9.96. The zero-order valence-corrected chi connectivity index (χ0v) is 17.1. The largest absolute Gasteiger partial charge is 0.495 e. The highest BCUT2D eigenvalue weighted by Crippen LogP contribution is 2.40. The van der Waals surface area contributed by atoms with Gasteiger partial charge in [-0.1, -0.05) is 52.0 Å². The van der Waals surface area contributed by atoms with Crippen LogP contribution in [-0.4, -0.2) is 30.9 Å². The van der Waals surface area contributed by atoms with E-state index in [0.717, 1.165) is 36.4 Å². The summed E-state index contributed by atoms with van der Waals surface area (Å²) in [5, 5.41) is 8.82. The van der Waals surface area contributed by atoms with Crippen molar-refractivity contribution >= 4 is 5.97 Å². The lowest BCUT2D eigenvalue weighted by Gasteiger charge is -2.35. The number of rotatable bonds is 11. The van der Waals surface area contributed by atoms with Crippen molar-refractivity contribution in [2.75, 3.05) is 19.8 Å². The van der Waals surface area contributed by atoms with Crippen LogP contribution in [-0.2, 0) is 14.3 Å². The van der Waals surface area contributed by atoms with E-state index < -0.39 is 5.97 Å². The lowest BCUT2D eigenvalue weighted by Crippen LogP contribution is -2.23. The normalized spacial score (nSPS) is 25.6. The molecule has 1 atom stereocenters. The molecule has 2 rings (SSSR count). The average Bonchev–Trinajstić information content (AvgIpc) is 2.71. The first-order valence-electron chi connectivity index (χ1n) is 10.9. The van der Waals surface area contributed by atoms with Gasteiger partial charge < -0.3 is 14.6 Å². The molecule has 0 aromatic heterocycles. The maximum absolute atomic E-state index is 11.4. The van der Waals surface area contributed by atoms with Gasteiger partial charge in [-0.15, -0.1) is 0 Å². The van der Waals surface area contributed by atoms with Crippen LogP contribution in [0.2, 0.25) is 0 Å². The third-order valence-corrected chi connectivity index (χ3v) is 6.27. The molecule has 2 aliphatic carbocycles. The molecule has 0 spiro atoms. The molecule has 0 aliphatic heterocycles. The highest BCUT2D eigenvalue weighted by Gasteiger charge is 2.28. The number of carbonyl (C=O) groups is 1. The van der Waals surface area contributed by atoms with E-state index >= 15 is 0 Å². The van der Waals surface area contributed by atoms with Crippen LogP contribution in [0.15, 0.2) is 24.0 Å². The van der Waals surface area contributed by atoms with Crippen LogP contribution in [0, 0.1) is 17.8 Å². The summed E-state index contributed by atoms with van der Waals surface area (Å²) >= 11 is 0. The second kappa shape index (κ2) is 12.2. The Bertz CT molecular complexity index is 489. The Hall–Kier alpha value is -1.29. The molecule has 2 aliphatic rings. The summed E-state index contributed by atoms with van der Waals surface area (Å²) in [7, 11) is 0. The second-order valence-electron chi connectivity index (χ2n) is 8.23. The number of esters is 1. The molecule has 1 saturated carbocycles. The van der Waals surface area contributed by atoms with Crippen molar-refractivity contribution < 1.29 is 19.4 Å². The summed E-state index contributed by atoms with van der Waals surface area (Å²) in [6, 6.07) is 0. The predicted molar refractivity (Wildman–Crippen MR) is 108 cm³/mol. The van der Waals surface area contributed by atoms with Crippen molar-refractivity contribution in [3.05, 3.63) is 24.0 Å². The standard InChI is InChI=1S/C23H38O4/c1-3-4-5-6-19-7-9-20(10-8-19)21-11-13-22(14-12-21)26-15-16-27-23(25)18(2)17-24/h13,19-21,24H,2-12,14-17H2,1H3. The minimum absolute atomic E-state index is 0.0785. The summed E-state index contributed by atoms with van der Waals surface area (Å²) in [5.41, 5.74) is 0.0785. The number of aliphatic hydroxyl groups is 1. The van der Waals surface area contributed by atoms with E-state index in [0.29, 0.717) is 6.61 Å². The molecule has 0 amide bonds. The van der Waals surface area contributed by atoms with E-state index in [-0.39, 0.29) is 18.8 Å². The van der Waals surface area contributed by atoms with Crippen molar-refractivity contribution in [2.45, 2.75) is 77.6 Å². The smallest absolute Gasteiger partial charge is 0.335 e. The Morgan fingerprint density at radius 2 is 1.93 bits per heavy atom. The lowest BCUT2D eigenvalue weighted by molar-refractivity contribution is -0.140. The maximum atomic E-state index is 11.4. The van der Waals surface area contributed by atoms with Crippen molar-refractivity contribution in [3.63, 3.8) is 0 Å². The predicted octanol–water partition coefficient (Wildman–Crippen LogP) is 5.17. The maximum Gasteiger partial charge on any atom is 0.335 e. The Morgan fingerprint density at radius 3 is 2.56 bits per heavy atom. The third-order valence-electron chi connectivity index (χ3n) is 6.27. The Morgan fingerprint density at radius 1 is 1.15 bits per heavy atom. The van der Waals surface area contributed by atoms with Crippen LogP contribution in [0.1, 0.15) is 77.6 Å². The van der Waals surface area contributed by atoms with E-state index in [1.54, 1.807) is 0 Å². The van der Waals surface area contributed by atoms with E-state index in [1.807, 2.05) is 0 Å². The van der Waals surface area contributed by atoms with Crippen LogP contribution in [0.3, 0.4) is 0 Å². The highest BCUT2D eigenvalue weighted by atomic mass is 16.6. The van der Waals surface area contributed by atoms with Crippen LogP contribution < -0.4 is 0 Å². The number of allylic oxidation sites excluding steroid dienone is 2. The fraction of sp³-hybridized carbons (Fsp3) is 0.783. The van der Waals surface area contributed by atoms with E-state index in [2.05, 4.69) is 19.6 Å². The molecule has 154 valence electrons. The van der Waals surface area contributed by atoms with E-state index in [9.17, 15) is 4.79 Å². The monoisotopic (exact) mass is 378 g/mol. The van der Waals surface area contributed by atoms with Gasteiger partial charge in [0, 0.05) is 6.42 Å². The summed E-state index contributed by atoms with van der Waals surface area (Å²) < 4.78 is 10.7. The van der Waals surface area contributed by atoms with Gasteiger partial charge in [0.25, 0.3) is 0 Å². The molecule has 0 saturated heterocycles. The Balaban J connectivity index is 1.60. The molecule has 0 heterocycles. The van der Waals surface area contributed by atoms with Crippen LogP contribution >= 0.6 is 0 Å². The molecule has 4 nitrogen and oxygen atoms in total. The molecular weight excluding hydrogens is 340 g/mol. The fourth-order valence-electron chi connectivity index (χ4n) is 4.49. The molecule has 0 radical (unpaired) electrons. The van der Waals surface area contributed by atoms with Gasteiger partial charge in [-0.3, -0.25) is 0 Å². The Labute approximate surface area is 165 Å². The molecule has 1 unspecified atom stereocenters. The molecule has 1 fully saturated rings. The minimum Gasteiger partial charge on any atom is -0.495 e. The average molecular weight is 379 g/mol. The molecule has 1 N–H and O–H groups in total. The first kappa shape index (κ1) is 22.0. The van der Waals surface area contributed by atoms with Gasteiger partial charge >= 0.3 is 5.97 Å². The topological polar surface area (TPSA) is 55.8 Å². The number of aliphatic hydroxyl groups excluding tert-OH is 1. The van der Waals surface area contributed by atoms with E-state index in [4.69, 9.17) is 14.6 Å². The van der Waals surface area contributed by atoms with Crippen LogP contribution in [0.4, 0.5) is 0 Å². The molecule has 27 heavy (non-hydrogen) atoms. The van der Waals surface area contributed by atoms with Gasteiger partial charge in [-0.05, 0) is 49.5 Å². The molecule has 0 bridgehead atoms. The number of carbonyl (C=O) groups excluding carboxylic acids is 1. The second-order valence-corrected chi connectivity index (χ2v) is 8.23. The van der Waals surface area contributed by atoms with Gasteiger partial charge in [-0.25, -0.2) is 4.79 Å². The zero-order valence-electron chi connectivity index (χ0n) is 17.1. The fourth-order valence-corrected chi connectivity index (χ4v) is 4.49. The summed E-state index contributed by atoms with van der Waals surface area (Å²) in [6.45, 7) is 5.92. The van der Waals surface area contributed by atoms with Gasteiger partial charge in [0.05, 0.1) is 17.9 Å². The van der Waals surface area contributed by atoms with Gasteiger partial charge in [-0.2, -0.15) is 0 Å². The molecule has 0 aromatic carbocycles. The zero-order chi connectivity index (χ0) is 19.5. The van der Waals surface area contributed by atoms with Crippen molar-refractivity contribution in [3.8, 4) is 0 Å². The first-order valence-corrected chi connectivity index (χ1v) is 10.9. The van der Waals surface area contributed by atoms with Gasteiger partial charge in [0.15, 0.2) is 0 Å². The minimum atomic E-state index is -0.552. The first-order chi connectivity index (χ1) is 13.1. The molecule has 4 heteroatoms. The number of unbranched alkanes of at least 4 members (excludes halogenated alkanes) is 2. The summed E-state index contributed by atoms with van der Waals surface area (Å²) in [5.74, 6) is 3.19. The van der Waals surface area contributed by atoms with Crippen LogP contribution in [0.5, 0.6) is 0 Å². The number of ether oxygens (including phenoxy) is 2. The number of hydrogen-bond donors (Lipinski definition) is 1. The van der Waals surface area contributed by atoms with Gasteiger partial charge in [0.2, 0.25) is 0 Å². The SMILES string of the molecule is C=C(CO)C(=O)OCCOC1=CCC(C2CCC(CCCCC)CC2)CC1. The summed E-state index contributed by atoms with van der Waals surface area (Å²) in [6.07, 6.45) is 16.9. The lowest BCUT2D eigenvalue weighted by atomic mass is 9.71. The third kappa shape index (κ3) is 7.69. The van der Waals surface area contributed by atoms with E-state index in [1.165, 1.54) is 57.8 Å². The molecule has 0 aromatic rings. The number of hydrogen-bond acceptors (Lipinski definition) is 4. The van der Waals surface area contributed by atoms with Crippen molar-refractivity contribution in [2.24, 2.45) is 17.8 Å². The van der Waals surface area contributed by atoms with Gasteiger partial charge in [0.1, 0.15) is 13.2 Å². The molecular formula is C23H38O4. The summed E-state index contributed by atoms with van der Waals surface area (Å²) in [4.78, 5) is 11.4. The van der Waals surface area contributed by atoms with Crippen molar-refractivity contribution in [1.82, 2.24) is 0 Å².